The summed E-state index contributed by atoms with van der Waals surface area (Å²) in [6.45, 7) is -0.280. The van der Waals surface area contributed by atoms with E-state index in [0.717, 1.165) is 0 Å². The maximum absolute atomic E-state index is 11.6. The van der Waals surface area contributed by atoms with Gasteiger partial charge in [0, 0.05) is 17.5 Å². The van der Waals surface area contributed by atoms with Gasteiger partial charge in [-0.2, -0.15) is 4.98 Å². The Morgan fingerprint density at radius 1 is 1.78 bits per heavy atom. The van der Waals surface area contributed by atoms with Crippen LogP contribution in [-0.4, -0.2) is 33.4 Å². The molecule has 2 rings (SSSR count). The SMILES string of the molecule is [N-]=[N+]=NC1CC(n2ccc(N)nc2=O)OC1CO. The lowest BCUT2D eigenvalue weighted by molar-refractivity contribution is -0.0269. The van der Waals surface area contributed by atoms with Crippen molar-refractivity contribution in [2.75, 3.05) is 12.3 Å². The van der Waals surface area contributed by atoms with Gasteiger partial charge >= 0.3 is 5.69 Å². The fourth-order valence-electron chi connectivity index (χ4n) is 1.88. The van der Waals surface area contributed by atoms with Crippen LogP contribution in [0.15, 0.2) is 22.2 Å². The number of nitrogen functional groups attached to an aromatic ring is 1. The number of aliphatic hydroxyl groups excluding tert-OH is 1. The maximum atomic E-state index is 11.6. The molecule has 1 saturated heterocycles. The summed E-state index contributed by atoms with van der Waals surface area (Å²) in [4.78, 5) is 17.9. The highest BCUT2D eigenvalue weighted by molar-refractivity contribution is 5.23. The first-order chi connectivity index (χ1) is 8.65. The Kier molecular flexibility index (Phi) is 3.47. The Morgan fingerprint density at radius 2 is 2.56 bits per heavy atom. The predicted octanol–water partition coefficient (Wildman–Crippen LogP) is -0.216. The fraction of sp³-hybridized carbons (Fsp3) is 0.556. The molecular formula is C9H12N6O3. The summed E-state index contributed by atoms with van der Waals surface area (Å²) < 4.78 is 6.71. The molecule has 3 unspecified atom stereocenters. The number of nitrogens with zero attached hydrogens (tertiary/aromatic N) is 5. The van der Waals surface area contributed by atoms with E-state index in [1.165, 1.54) is 16.8 Å². The van der Waals surface area contributed by atoms with Crippen LogP contribution in [-0.2, 0) is 4.74 Å². The van der Waals surface area contributed by atoms with Crippen molar-refractivity contribution >= 4 is 5.82 Å². The zero-order valence-electron chi connectivity index (χ0n) is 9.38. The van der Waals surface area contributed by atoms with Crippen molar-refractivity contribution in [2.45, 2.75) is 24.8 Å². The highest BCUT2D eigenvalue weighted by Crippen LogP contribution is 2.29. The molecule has 3 N–H and O–H groups in total. The number of nitrogens with two attached hydrogens (primary N) is 1. The normalized spacial score (nSPS) is 26.8. The number of anilines is 1. The van der Waals surface area contributed by atoms with Gasteiger partial charge in [-0.15, -0.1) is 0 Å². The van der Waals surface area contributed by atoms with Gasteiger partial charge in [-0.1, -0.05) is 5.11 Å². The van der Waals surface area contributed by atoms with E-state index in [2.05, 4.69) is 15.0 Å². The number of aromatic nitrogens is 2. The lowest BCUT2D eigenvalue weighted by Crippen LogP contribution is -2.27. The molecule has 9 nitrogen and oxygen atoms in total. The molecule has 9 heteroatoms. The van der Waals surface area contributed by atoms with Gasteiger partial charge in [-0.25, -0.2) is 4.79 Å². The molecule has 0 aromatic carbocycles. The molecule has 0 saturated carbocycles. The highest BCUT2D eigenvalue weighted by atomic mass is 16.5. The van der Waals surface area contributed by atoms with E-state index in [4.69, 9.17) is 21.1 Å². The van der Waals surface area contributed by atoms with Gasteiger partial charge in [-0.05, 0) is 11.6 Å². The number of hydrogen-bond donors (Lipinski definition) is 2. The van der Waals surface area contributed by atoms with Gasteiger partial charge in [0.1, 0.15) is 12.0 Å². The summed E-state index contributed by atoms with van der Waals surface area (Å²) in [5, 5.41) is 12.6. The zero-order valence-corrected chi connectivity index (χ0v) is 9.38. The second kappa shape index (κ2) is 5.05. The molecule has 96 valence electrons. The number of ether oxygens (including phenoxy) is 1. The van der Waals surface area contributed by atoms with Crippen molar-refractivity contribution in [1.82, 2.24) is 9.55 Å². The second-order valence-electron chi connectivity index (χ2n) is 3.86. The van der Waals surface area contributed by atoms with E-state index in [9.17, 15) is 4.79 Å². The molecule has 1 fully saturated rings. The molecule has 0 spiro atoms. The van der Waals surface area contributed by atoms with Crippen molar-refractivity contribution in [2.24, 2.45) is 5.11 Å². The van der Waals surface area contributed by atoms with E-state index in [0.29, 0.717) is 6.42 Å². The van der Waals surface area contributed by atoms with Gasteiger partial charge in [0.15, 0.2) is 0 Å². The molecule has 0 radical (unpaired) electrons. The van der Waals surface area contributed by atoms with Crippen molar-refractivity contribution in [3.8, 4) is 0 Å². The largest absolute Gasteiger partial charge is 0.394 e. The van der Waals surface area contributed by atoms with Crippen LogP contribution in [0.2, 0.25) is 0 Å². The minimum atomic E-state index is -0.615. The number of aliphatic hydroxyl groups is 1. The van der Waals surface area contributed by atoms with Crippen LogP contribution < -0.4 is 11.4 Å². The standard InChI is InChI=1S/C9H12N6O3/c10-7-1-2-15(9(17)12-7)8-3-5(13-14-11)6(4-16)18-8/h1-2,5-6,8,16H,3-4H2,(H2,10,12,17). The number of rotatable bonds is 3. The molecule has 3 atom stereocenters. The first kappa shape index (κ1) is 12.4. The smallest absolute Gasteiger partial charge is 0.351 e. The van der Waals surface area contributed by atoms with Crippen LogP contribution in [0.1, 0.15) is 12.6 Å². The molecule has 18 heavy (non-hydrogen) atoms. The fourth-order valence-corrected chi connectivity index (χ4v) is 1.88. The monoisotopic (exact) mass is 252 g/mol. The third kappa shape index (κ3) is 2.28. The van der Waals surface area contributed by atoms with Crippen LogP contribution in [0.5, 0.6) is 0 Å². The topological polar surface area (TPSA) is 139 Å². The van der Waals surface area contributed by atoms with Crippen LogP contribution in [0, 0.1) is 0 Å². The van der Waals surface area contributed by atoms with E-state index < -0.39 is 24.1 Å². The summed E-state index contributed by atoms with van der Waals surface area (Å²) in [6.07, 6.45) is 0.539. The molecule has 0 amide bonds. The Bertz CT molecular complexity index is 537. The second-order valence-corrected chi connectivity index (χ2v) is 3.86. The van der Waals surface area contributed by atoms with Gasteiger partial charge in [-0.3, -0.25) is 4.57 Å². The van der Waals surface area contributed by atoms with Crippen molar-refractivity contribution in [3.05, 3.63) is 33.2 Å². The third-order valence-corrected chi connectivity index (χ3v) is 2.75. The average molecular weight is 252 g/mol. The zero-order chi connectivity index (χ0) is 13.1. The van der Waals surface area contributed by atoms with Crippen LogP contribution in [0.4, 0.5) is 5.82 Å². The average Bonchev–Trinajstić information content (AvgIpc) is 2.72. The van der Waals surface area contributed by atoms with Crippen LogP contribution in [0.3, 0.4) is 0 Å². The Balaban J connectivity index is 2.25. The third-order valence-electron chi connectivity index (χ3n) is 2.75. The van der Waals surface area contributed by atoms with Gasteiger partial charge in [0.2, 0.25) is 0 Å². The minimum Gasteiger partial charge on any atom is -0.394 e. The first-order valence-corrected chi connectivity index (χ1v) is 5.31. The van der Waals surface area contributed by atoms with Crippen molar-refractivity contribution < 1.29 is 9.84 Å². The first-order valence-electron chi connectivity index (χ1n) is 5.31. The summed E-state index contributed by atoms with van der Waals surface area (Å²) in [6, 6.07) is 0.967. The van der Waals surface area contributed by atoms with Crippen molar-refractivity contribution in [1.29, 1.82) is 0 Å². The van der Waals surface area contributed by atoms with E-state index in [1.54, 1.807) is 0 Å². The lowest BCUT2D eigenvalue weighted by Gasteiger charge is -2.14. The van der Waals surface area contributed by atoms with Gasteiger partial charge in [0.05, 0.1) is 18.8 Å². The molecule has 2 heterocycles. The number of azide groups is 1. The van der Waals surface area contributed by atoms with Gasteiger partial charge < -0.3 is 15.6 Å². The molecule has 1 aromatic heterocycles. The molecule has 1 aromatic rings. The summed E-state index contributed by atoms with van der Waals surface area (Å²) in [7, 11) is 0. The van der Waals surface area contributed by atoms with Crippen molar-refractivity contribution in [3.63, 3.8) is 0 Å². The summed E-state index contributed by atoms with van der Waals surface area (Å²) in [5.41, 5.74) is 13.3. The molecular weight excluding hydrogens is 240 g/mol. The number of hydrogen-bond acceptors (Lipinski definition) is 6. The van der Waals surface area contributed by atoms with E-state index in [-0.39, 0.29) is 12.4 Å². The summed E-state index contributed by atoms with van der Waals surface area (Å²) in [5.74, 6) is 0.125. The molecule has 1 aliphatic heterocycles. The molecule has 0 bridgehead atoms. The lowest BCUT2D eigenvalue weighted by atomic mass is 10.1. The van der Waals surface area contributed by atoms with Gasteiger partial charge in [0.25, 0.3) is 0 Å². The maximum Gasteiger partial charge on any atom is 0.351 e. The molecule has 1 aliphatic rings. The highest BCUT2D eigenvalue weighted by Gasteiger charge is 2.35. The van der Waals surface area contributed by atoms with E-state index >= 15 is 0 Å². The predicted molar refractivity (Wildman–Crippen MR) is 61.5 cm³/mol. The Morgan fingerprint density at radius 3 is 3.17 bits per heavy atom. The summed E-state index contributed by atoms with van der Waals surface area (Å²) >= 11 is 0. The van der Waals surface area contributed by atoms with Crippen LogP contribution >= 0.6 is 0 Å². The quantitative estimate of drug-likeness (QED) is 0.435. The Labute approximate surface area is 101 Å². The van der Waals surface area contributed by atoms with Crippen LogP contribution in [0.25, 0.3) is 10.4 Å². The molecule has 0 aliphatic carbocycles. The Hall–Kier alpha value is -2.09. The minimum absolute atomic E-state index is 0.125. The van der Waals surface area contributed by atoms with E-state index in [1.807, 2.05) is 0 Å².